The molecule has 0 aliphatic heterocycles. The first-order valence-corrected chi connectivity index (χ1v) is 8.46. The molecule has 0 fully saturated rings. The van der Waals surface area contributed by atoms with Crippen LogP contribution in [-0.4, -0.2) is 30.9 Å². The van der Waals surface area contributed by atoms with Crippen LogP contribution >= 0.6 is 0 Å². The van der Waals surface area contributed by atoms with Crippen molar-refractivity contribution >= 4 is 11.8 Å². The highest BCUT2D eigenvalue weighted by Crippen LogP contribution is 2.18. The molecule has 0 aliphatic rings. The largest absolute Gasteiger partial charge is 0.335 e. The van der Waals surface area contributed by atoms with E-state index in [0.29, 0.717) is 9.13 Å². The Hall–Kier alpha value is -3.30. The lowest BCUT2D eigenvalue weighted by atomic mass is 9.89. The number of nitrogens with zero attached hydrogens (tertiary/aromatic N) is 2. The van der Waals surface area contributed by atoms with E-state index in [9.17, 15) is 28.8 Å². The molecular weight excluding hydrogens is 368 g/mol. The van der Waals surface area contributed by atoms with Gasteiger partial charge < -0.3 is 0 Å². The predicted octanol–water partition coefficient (Wildman–Crippen LogP) is -0.0378. The fourth-order valence-electron chi connectivity index (χ4n) is 2.52. The van der Waals surface area contributed by atoms with Crippen LogP contribution in [0.3, 0.4) is 0 Å². The molecule has 2 aromatic rings. The Morgan fingerprint density at radius 2 is 0.964 bits per heavy atom. The Bertz CT molecular complexity index is 1100. The van der Waals surface area contributed by atoms with Crippen LogP contribution < -0.4 is 22.5 Å². The highest BCUT2D eigenvalue weighted by Gasteiger charge is 2.27. The van der Waals surface area contributed by atoms with Gasteiger partial charge in [-0.2, -0.15) is 0 Å². The zero-order chi connectivity index (χ0) is 21.6. The number of hydrogen-bond acceptors (Lipinski definition) is 6. The highest BCUT2D eigenvalue weighted by molar-refractivity contribution is 6.36. The molecule has 0 saturated heterocycles. The second kappa shape index (κ2) is 6.70. The fourth-order valence-corrected chi connectivity index (χ4v) is 2.52. The standard InChI is InChI=1S/C18H22N4O6/c1-17(2,3)9-7-21(15(27)19-11(9)23)13(25)14(26)22-8-10(18(4,5)6)12(24)20-16(22)28/h7-8H,1-6H3,(H,19,23,27)(H,20,24,28). The summed E-state index contributed by atoms with van der Waals surface area (Å²) in [6, 6.07) is 0. The minimum absolute atomic E-state index is 0.109. The molecule has 0 aromatic carbocycles. The summed E-state index contributed by atoms with van der Waals surface area (Å²) in [5.41, 5.74) is -4.76. The van der Waals surface area contributed by atoms with Crippen LogP contribution in [0.5, 0.6) is 0 Å². The van der Waals surface area contributed by atoms with Gasteiger partial charge in [0.1, 0.15) is 0 Å². The number of hydrogen-bond donors (Lipinski definition) is 2. The van der Waals surface area contributed by atoms with Gasteiger partial charge in [0.2, 0.25) is 0 Å². The van der Waals surface area contributed by atoms with Gasteiger partial charge in [0.15, 0.2) is 0 Å². The first kappa shape index (κ1) is 21.0. The minimum atomic E-state index is -1.35. The Morgan fingerprint density at radius 1 is 0.679 bits per heavy atom. The minimum Gasteiger partial charge on any atom is -0.273 e. The molecular formula is C18H22N4O6. The number of H-pyrrole nitrogens is 2. The lowest BCUT2D eigenvalue weighted by molar-refractivity contribution is 0.0707. The van der Waals surface area contributed by atoms with Crippen LogP contribution in [0.1, 0.15) is 62.3 Å². The van der Waals surface area contributed by atoms with Crippen molar-refractivity contribution in [2.45, 2.75) is 52.4 Å². The zero-order valence-corrected chi connectivity index (χ0v) is 16.5. The maximum Gasteiger partial charge on any atom is 0.335 e. The second-order valence-electron chi connectivity index (χ2n) is 8.45. The summed E-state index contributed by atoms with van der Waals surface area (Å²) in [6.45, 7) is 10.2. The highest BCUT2D eigenvalue weighted by atomic mass is 16.2. The molecule has 0 bridgehead atoms. The Labute approximate surface area is 158 Å². The molecule has 2 N–H and O–H groups in total. The normalized spacial score (nSPS) is 12.1. The van der Waals surface area contributed by atoms with Gasteiger partial charge in [-0.3, -0.25) is 29.1 Å². The molecule has 0 aliphatic carbocycles. The van der Waals surface area contributed by atoms with Crippen molar-refractivity contribution in [1.82, 2.24) is 19.1 Å². The smallest absolute Gasteiger partial charge is 0.273 e. The van der Waals surface area contributed by atoms with E-state index < -0.39 is 45.1 Å². The van der Waals surface area contributed by atoms with Crippen molar-refractivity contribution < 1.29 is 9.59 Å². The number of nitrogens with one attached hydrogen (secondary N) is 2. The van der Waals surface area contributed by atoms with Crippen molar-refractivity contribution in [3.8, 4) is 0 Å². The average molecular weight is 390 g/mol. The number of rotatable bonds is 0. The van der Waals surface area contributed by atoms with Gasteiger partial charge in [-0.15, -0.1) is 0 Å². The summed E-state index contributed by atoms with van der Waals surface area (Å²) in [6.07, 6.45) is 1.98. The topological polar surface area (TPSA) is 144 Å². The third kappa shape index (κ3) is 3.85. The summed E-state index contributed by atoms with van der Waals surface area (Å²) in [7, 11) is 0. The molecule has 2 aromatic heterocycles. The molecule has 0 radical (unpaired) electrons. The van der Waals surface area contributed by atoms with E-state index in [1.54, 1.807) is 41.5 Å². The van der Waals surface area contributed by atoms with E-state index >= 15 is 0 Å². The summed E-state index contributed by atoms with van der Waals surface area (Å²) < 4.78 is 0.886. The molecule has 0 saturated carbocycles. The maximum absolute atomic E-state index is 12.6. The van der Waals surface area contributed by atoms with Crippen LogP contribution in [0.15, 0.2) is 31.6 Å². The molecule has 150 valence electrons. The summed E-state index contributed by atoms with van der Waals surface area (Å²) in [5, 5.41) is 0. The van der Waals surface area contributed by atoms with Gasteiger partial charge in [0.25, 0.3) is 11.1 Å². The lowest BCUT2D eigenvalue weighted by Gasteiger charge is -2.19. The first-order chi connectivity index (χ1) is 12.6. The number of carbonyl (C=O) groups excluding carboxylic acids is 2. The number of aromatic nitrogens is 4. The Balaban J connectivity index is 2.66. The second-order valence-corrected chi connectivity index (χ2v) is 8.45. The van der Waals surface area contributed by atoms with Crippen LogP contribution in [0, 0.1) is 0 Å². The lowest BCUT2D eigenvalue weighted by Crippen LogP contribution is -2.45. The molecule has 0 spiro atoms. The van der Waals surface area contributed by atoms with E-state index in [-0.39, 0.29) is 11.1 Å². The molecule has 0 atom stereocenters. The van der Waals surface area contributed by atoms with Gasteiger partial charge >= 0.3 is 23.2 Å². The van der Waals surface area contributed by atoms with Crippen molar-refractivity contribution in [2.24, 2.45) is 0 Å². The molecule has 2 rings (SSSR count). The molecule has 0 unspecified atom stereocenters. The monoisotopic (exact) mass is 390 g/mol. The summed E-state index contributed by atoms with van der Waals surface area (Å²) >= 11 is 0. The van der Waals surface area contributed by atoms with E-state index in [0.717, 1.165) is 12.4 Å². The van der Waals surface area contributed by atoms with Crippen LogP contribution in [0.4, 0.5) is 0 Å². The third-order valence-electron chi connectivity index (χ3n) is 4.12. The van der Waals surface area contributed by atoms with Gasteiger partial charge in [-0.1, -0.05) is 41.5 Å². The summed E-state index contributed by atoms with van der Waals surface area (Å²) in [4.78, 5) is 77.3. The van der Waals surface area contributed by atoms with Crippen molar-refractivity contribution in [3.05, 3.63) is 65.2 Å². The zero-order valence-electron chi connectivity index (χ0n) is 16.5. The average Bonchev–Trinajstić information content (AvgIpc) is 2.51. The van der Waals surface area contributed by atoms with Crippen molar-refractivity contribution in [1.29, 1.82) is 0 Å². The van der Waals surface area contributed by atoms with Crippen LogP contribution in [-0.2, 0) is 10.8 Å². The Kier molecular flexibility index (Phi) is 5.02. The van der Waals surface area contributed by atoms with Gasteiger partial charge in [0.05, 0.1) is 0 Å². The van der Waals surface area contributed by atoms with Gasteiger partial charge in [-0.25, -0.2) is 18.7 Å². The van der Waals surface area contributed by atoms with E-state index in [1.807, 2.05) is 9.97 Å². The maximum atomic E-state index is 12.6. The fraction of sp³-hybridized carbons (Fsp3) is 0.444. The van der Waals surface area contributed by atoms with Crippen molar-refractivity contribution in [2.75, 3.05) is 0 Å². The van der Waals surface area contributed by atoms with E-state index in [1.165, 1.54) is 0 Å². The van der Waals surface area contributed by atoms with E-state index in [4.69, 9.17) is 0 Å². The van der Waals surface area contributed by atoms with E-state index in [2.05, 4.69) is 0 Å². The third-order valence-corrected chi connectivity index (χ3v) is 4.12. The molecule has 10 heteroatoms. The summed E-state index contributed by atoms with van der Waals surface area (Å²) in [5.74, 6) is -2.69. The SMILES string of the molecule is CC(C)(C)c1cn(C(=O)C(=O)n2cc(C(C)(C)C)c(=O)[nH]c2=O)c(=O)[nH]c1=O. The quantitative estimate of drug-likeness (QED) is 0.604. The number of carbonyl (C=O) groups is 2. The molecule has 0 amide bonds. The number of aromatic amines is 2. The van der Waals surface area contributed by atoms with Crippen LogP contribution in [0.25, 0.3) is 0 Å². The molecule has 10 nitrogen and oxygen atoms in total. The van der Waals surface area contributed by atoms with Gasteiger partial charge in [-0.05, 0) is 10.8 Å². The molecule has 28 heavy (non-hydrogen) atoms. The van der Waals surface area contributed by atoms with Crippen LogP contribution in [0.2, 0.25) is 0 Å². The molecule has 2 heterocycles. The first-order valence-electron chi connectivity index (χ1n) is 8.46. The predicted molar refractivity (Wildman–Crippen MR) is 101 cm³/mol. The van der Waals surface area contributed by atoms with Gasteiger partial charge in [0, 0.05) is 23.5 Å². The Morgan fingerprint density at radius 3 is 1.21 bits per heavy atom. The van der Waals surface area contributed by atoms with Crippen molar-refractivity contribution in [3.63, 3.8) is 0 Å².